The van der Waals surface area contributed by atoms with Crippen LogP contribution in [0.5, 0.6) is 5.75 Å². The number of piperidine rings is 1. The molecule has 2 aromatic rings. The molecule has 1 saturated carbocycles. The second kappa shape index (κ2) is 7.68. The van der Waals surface area contributed by atoms with Gasteiger partial charge in [0.1, 0.15) is 10.6 Å². The number of carbonyl (C=O) groups is 2. The maximum Gasteiger partial charge on any atom is 0.265 e. The van der Waals surface area contributed by atoms with Crippen LogP contribution in [0.3, 0.4) is 0 Å². The SMILES string of the molecule is COc1ccccc1NC(=O)C1CCN(C(=O)c2scnc2C2CC2)CC1. The van der Waals surface area contributed by atoms with Crippen molar-refractivity contribution in [1.82, 2.24) is 9.88 Å². The van der Waals surface area contributed by atoms with Gasteiger partial charge in [-0.1, -0.05) is 12.1 Å². The number of amides is 2. The Morgan fingerprint density at radius 3 is 2.63 bits per heavy atom. The number of nitrogens with zero attached hydrogens (tertiary/aromatic N) is 2. The van der Waals surface area contributed by atoms with Gasteiger partial charge in [-0.2, -0.15) is 0 Å². The van der Waals surface area contributed by atoms with Gasteiger partial charge in [0, 0.05) is 24.9 Å². The van der Waals surface area contributed by atoms with Crippen molar-refractivity contribution in [1.29, 1.82) is 0 Å². The summed E-state index contributed by atoms with van der Waals surface area (Å²) >= 11 is 1.44. The molecule has 1 aromatic heterocycles. The molecule has 0 bridgehead atoms. The lowest BCUT2D eigenvalue weighted by Gasteiger charge is -2.31. The lowest BCUT2D eigenvalue weighted by Crippen LogP contribution is -2.41. The third-order valence-electron chi connectivity index (χ3n) is 5.27. The molecule has 0 radical (unpaired) electrons. The van der Waals surface area contributed by atoms with Crippen molar-refractivity contribution in [2.75, 3.05) is 25.5 Å². The number of methoxy groups -OCH3 is 1. The summed E-state index contributed by atoms with van der Waals surface area (Å²) < 4.78 is 5.29. The fourth-order valence-electron chi connectivity index (χ4n) is 3.53. The Bertz CT molecular complexity index is 839. The second-order valence-electron chi connectivity index (χ2n) is 7.10. The molecule has 1 saturated heterocycles. The Morgan fingerprint density at radius 1 is 1.19 bits per heavy atom. The van der Waals surface area contributed by atoms with Crippen molar-refractivity contribution in [3.8, 4) is 5.75 Å². The number of anilines is 1. The summed E-state index contributed by atoms with van der Waals surface area (Å²) in [6.45, 7) is 1.20. The molecule has 0 unspecified atom stereocenters. The summed E-state index contributed by atoms with van der Waals surface area (Å²) in [4.78, 5) is 32.5. The van der Waals surface area contributed by atoms with E-state index in [-0.39, 0.29) is 17.7 Å². The number of benzene rings is 1. The summed E-state index contributed by atoms with van der Waals surface area (Å²) in [6.07, 6.45) is 3.61. The van der Waals surface area contributed by atoms with Crippen LogP contribution in [0.2, 0.25) is 0 Å². The van der Waals surface area contributed by atoms with Crippen molar-refractivity contribution >= 4 is 28.8 Å². The molecule has 1 N–H and O–H groups in total. The average molecular weight is 385 g/mol. The summed E-state index contributed by atoms with van der Waals surface area (Å²) in [5.41, 5.74) is 3.43. The van der Waals surface area contributed by atoms with Crippen molar-refractivity contribution in [3.05, 3.63) is 40.3 Å². The zero-order valence-corrected chi connectivity index (χ0v) is 16.1. The number of thiazole rings is 1. The molecular formula is C20H23N3O3S. The smallest absolute Gasteiger partial charge is 0.265 e. The molecule has 0 atom stereocenters. The number of hydrogen-bond donors (Lipinski definition) is 1. The third kappa shape index (κ3) is 3.83. The largest absolute Gasteiger partial charge is 0.495 e. The molecule has 4 rings (SSSR count). The molecule has 2 fully saturated rings. The minimum Gasteiger partial charge on any atom is -0.495 e. The fraction of sp³-hybridized carbons (Fsp3) is 0.450. The van der Waals surface area contributed by atoms with Crippen molar-refractivity contribution < 1.29 is 14.3 Å². The predicted molar refractivity (Wildman–Crippen MR) is 104 cm³/mol. The molecule has 1 aliphatic carbocycles. The Labute approximate surface area is 162 Å². The molecular weight excluding hydrogens is 362 g/mol. The van der Waals surface area contributed by atoms with Crippen LogP contribution in [0.4, 0.5) is 5.69 Å². The van der Waals surface area contributed by atoms with Crippen molar-refractivity contribution in [2.24, 2.45) is 5.92 Å². The zero-order chi connectivity index (χ0) is 18.8. The van der Waals surface area contributed by atoms with E-state index in [0.29, 0.717) is 43.3 Å². The van der Waals surface area contributed by atoms with Crippen LogP contribution in [-0.2, 0) is 4.79 Å². The standard InChI is InChI=1S/C20H23N3O3S/c1-26-16-5-3-2-4-15(16)22-19(24)14-8-10-23(11-9-14)20(25)18-17(13-6-7-13)21-12-27-18/h2-5,12-14H,6-11H2,1H3,(H,22,24). The van der Waals surface area contributed by atoms with Crippen molar-refractivity contribution in [3.63, 3.8) is 0 Å². The van der Waals surface area contributed by atoms with E-state index in [1.165, 1.54) is 11.3 Å². The average Bonchev–Trinajstić information content (AvgIpc) is 3.44. The van der Waals surface area contributed by atoms with E-state index in [1.807, 2.05) is 29.2 Å². The summed E-state index contributed by atoms with van der Waals surface area (Å²) in [5.74, 6) is 1.09. The maximum absolute atomic E-state index is 12.8. The third-order valence-corrected chi connectivity index (χ3v) is 6.10. The zero-order valence-electron chi connectivity index (χ0n) is 15.3. The molecule has 27 heavy (non-hydrogen) atoms. The molecule has 7 heteroatoms. The molecule has 2 amide bonds. The predicted octanol–water partition coefficient (Wildman–Crippen LogP) is 3.52. The minimum absolute atomic E-state index is 0.0111. The van der Waals surface area contributed by atoms with Gasteiger partial charge in [-0.25, -0.2) is 4.98 Å². The van der Waals surface area contributed by atoms with Gasteiger partial charge >= 0.3 is 0 Å². The normalized spacial score (nSPS) is 17.6. The fourth-order valence-corrected chi connectivity index (χ4v) is 4.38. The van der Waals surface area contributed by atoms with Gasteiger partial charge < -0.3 is 15.0 Å². The van der Waals surface area contributed by atoms with Crippen LogP contribution < -0.4 is 10.1 Å². The van der Waals surface area contributed by atoms with Gasteiger partial charge in [-0.3, -0.25) is 9.59 Å². The summed E-state index contributed by atoms with van der Waals surface area (Å²) in [6, 6.07) is 7.39. The number of carbonyl (C=O) groups excluding carboxylic acids is 2. The van der Waals surface area contributed by atoms with Gasteiger partial charge in [0.15, 0.2) is 0 Å². The highest BCUT2D eigenvalue weighted by molar-refractivity contribution is 7.11. The number of aromatic nitrogens is 1. The lowest BCUT2D eigenvalue weighted by molar-refractivity contribution is -0.121. The van der Waals surface area contributed by atoms with E-state index in [4.69, 9.17) is 4.74 Å². The van der Waals surface area contributed by atoms with Gasteiger partial charge in [-0.15, -0.1) is 11.3 Å². The van der Waals surface area contributed by atoms with E-state index in [1.54, 1.807) is 12.6 Å². The number of rotatable bonds is 5. The highest BCUT2D eigenvalue weighted by Crippen LogP contribution is 2.42. The quantitative estimate of drug-likeness (QED) is 0.855. The van der Waals surface area contributed by atoms with E-state index in [0.717, 1.165) is 23.4 Å². The summed E-state index contributed by atoms with van der Waals surface area (Å²) in [5, 5.41) is 2.96. The van der Waals surface area contributed by atoms with Crippen LogP contribution in [-0.4, -0.2) is 41.9 Å². The minimum atomic E-state index is -0.0941. The monoisotopic (exact) mass is 385 g/mol. The van der Waals surface area contributed by atoms with Gasteiger partial charge in [0.2, 0.25) is 5.91 Å². The maximum atomic E-state index is 12.8. The van der Waals surface area contributed by atoms with Crippen molar-refractivity contribution in [2.45, 2.75) is 31.6 Å². The molecule has 0 spiro atoms. The number of likely N-dealkylation sites (tertiary alicyclic amines) is 1. The topological polar surface area (TPSA) is 71.5 Å². The van der Waals surface area contributed by atoms with E-state index in [9.17, 15) is 9.59 Å². The number of ether oxygens (including phenoxy) is 1. The first kappa shape index (κ1) is 18.0. The Kier molecular flexibility index (Phi) is 5.11. The first-order chi connectivity index (χ1) is 13.2. The highest BCUT2D eigenvalue weighted by atomic mass is 32.1. The Hall–Kier alpha value is -2.41. The molecule has 1 aliphatic heterocycles. The summed E-state index contributed by atoms with van der Waals surface area (Å²) in [7, 11) is 1.59. The lowest BCUT2D eigenvalue weighted by atomic mass is 9.95. The molecule has 142 valence electrons. The van der Waals surface area contributed by atoms with Crippen LogP contribution in [0.1, 0.15) is 47.0 Å². The molecule has 1 aromatic carbocycles. The molecule has 6 nitrogen and oxygen atoms in total. The van der Waals surface area contributed by atoms with Crippen LogP contribution in [0, 0.1) is 5.92 Å². The highest BCUT2D eigenvalue weighted by Gasteiger charge is 2.34. The van der Waals surface area contributed by atoms with Crippen LogP contribution >= 0.6 is 11.3 Å². The van der Waals surface area contributed by atoms with Gasteiger partial charge in [0.25, 0.3) is 5.91 Å². The second-order valence-corrected chi connectivity index (χ2v) is 7.95. The first-order valence-corrected chi connectivity index (χ1v) is 10.2. The number of nitrogens with one attached hydrogen (secondary N) is 1. The van der Waals surface area contributed by atoms with Crippen LogP contribution in [0.15, 0.2) is 29.8 Å². The Balaban J connectivity index is 1.35. The number of hydrogen-bond acceptors (Lipinski definition) is 5. The van der Waals surface area contributed by atoms with Gasteiger partial charge in [-0.05, 0) is 37.8 Å². The first-order valence-electron chi connectivity index (χ1n) is 9.34. The van der Waals surface area contributed by atoms with E-state index >= 15 is 0 Å². The molecule has 2 aliphatic rings. The number of para-hydroxylation sites is 2. The van der Waals surface area contributed by atoms with E-state index in [2.05, 4.69) is 10.3 Å². The van der Waals surface area contributed by atoms with Crippen LogP contribution in [0.25, 0.3) is 0 Å². The molecule has 2 heterocycles. The Morgan fingerprint density at radius 2 is 1.93 bits per heavy atom. The van der Waals surface area contributed by atoms with E-state index < -0.39 is 0 Å². The van der Waals surface area contributed by atoms with Gasteiger partial charge in [0.05, 0.1) is 24.0 Å².